The number of benzene rings is 1. The molecule has 2 atom stereocenters. The standard InChI is InChI=1S/C15H25N3O/c1-12-9-17(6-7-18(12)10-13(2)19)11-14-4-3-5-15(16)8-14/h3-5,8,12-13,19H,6-7,9-11,16H2,1-2H3. The second-order valence-corrected chi connectivity index (χ2v) is 5.67. The molecule has 1 saturated heterocycles. The van der Waals surface area contributed by atoms with Gasteiger partial charge in [0.25, 0.3) is 0 Å². The van der Waals surface area contributed by atoms with Gasteiger partial charge in [0.05, 0.1) is 6.10 Å². The number of hydrogen-bond donors (Lipinski definition) is 2. The van der Waals surface area contributed by atoms with Crippen molar-refractivity contribution < 1.29 is 5.11 Å². The normalized spacial score (nSPS) is 23.4. The van der Waals surface area contributed by atoms with Gasteiger partial charge in [0.2, 0.25) is 0 Å². The van der Waals surface area contributed by atoms with Crippen LogP contribution in [-0.4, -0.2) is 53.2 Å². The number of nitrogens with zero attached hydrogens (tertiary/aromatic N) is 2. The average Bonchev–Trinajstić information content (AvgIpc) is 2.32. The summed E-state index contributed by atoms with van der Waals surface area (Å²) in [5.74, 6) is 0. The second kappa shape index (κ2) is 6.37. The highest BCUT2D eigenvalue weighted by atomic mass is 16.3. The molecular weight excluding hydrogens is 238 g/mol. The summed E-state index contributed by atoms with van der Waals surface area (Å²) in [7, 11) is 0. The Morgan fingerprint density at radius 1 is 1.42 bits per heavy atom. The van der Waals surface area contributed by atoms with Crippen molar-refractivity contribution in [1.29, 1.82) is 0 Å². The Morgan fingerprint density at radius 2 is 2.21 bits per heavy atom. The molecule has 1 fully saturated rings. The van der Waals surface area contributed by atoms with E-state index in [0.29, 0.717) is 6.04 Å². The summed E-state index contributed by atoms with van der Waals surface area (Å²) in [5.41, 5.74) is 7.92. The lowest BCUT2D eigenvalue weighted by molar-refractivity contribution is 0.0423. The average molecular weight is 263 g/mol. The van der Waals surface area contributed by atoms with E-state index in [1.54, 1.807) is 0 Å². The number of piperazine rings is 1. The number of nitrogens with two attached hydrogens (primary N) is 1. The van der Waals surface area contributed by atoms with Crippen molar-refractivity contribution in [3.63, 3.8) is 0 Å². The molecule has 0 aliphatic carbocycles. The number of hydrogen-bond acceptors (Lipinski definition) is 4. The number of nitrogen functional groups attached to an aromatic ring is 1. The Labute approximate surface area is 115 Å². The molecule has 1 aromatic rings. The number of anilines is 1. The molecule has 0 amide bonds. The van der Waals surface area contributed by atoms with Crippen LogP contribution in [0.2, 0.25) is 0 Å². The van der Waals surface area contributed by atoms with E-state index in [-0.39, 0.29) is 6.10 Å². The summed E-state index contributed by atoms with van der Waals surface area (Å²) in [6.07, 6.45) is -0.247. The van der Waals surface area contributed by atoms with Crippen LogP contribution in [0.3, 0.4) is 0 Å². The van der Waals surface area contributed by atoms with Crippen LogP contribution in [0.15, 0.2) is 24.3 Å². The topological polar surface area (TPSA) is 52.7 Å². The Morgan fingerprint density at radius 3 is 2.84 bits per heavy atom. The van der Waals surface area contributed by atoms with E-state index < -0.39 is 0 Å². The van der Waals surface area contributed by atoms with Gasteiger partial charge in [0.15, 0.2) is 0 Å². The van der Waals surface area contributed by atoms with Crippen LogP contribution in [0.4, 0.5) is 5.69 Å². The van der Waals surface area contributed by atoms with E-state index in [1.807, 2.05) is 25.1 Å². The molecule has 1 heterocycles. The van der Waals surface area contributed by atoms with Crippen LogP contribution >= 0.6 is 0 Å². The minimum atomic E-state index is -0.247. The maximum absolute atomic E-state index is 9.48. The van der Waals surface area contributed by atoms with Crippen molar-refractivity contribution in [2.45, 2.75) is 32.5 Å². The first-order chi connectivity index (χ1) is 9.04. The Bertz CT molecular complexity index is 408. The lowest BCUT2D eigenvalue weighted by Crippen LogP contribution is -2.53. The predicted octanol–water partition coefficient (Wildman–Crippen LogP) is 1.16. The van der Waals surface area contributed by atoms with Gasteiger partial charge in [-0.2, -0.15) is 0 Å². The molecule has 4 nitrogen and oxygen atoms in total. The van der Waals surface area contributed by atoms with Crippen molar-refractivity contribution >= 4 is 5.69 Å². The number of aliphatic hydroxyl groups excluding tert-OH is 1. The highest BCUT2D eigenvalue weighted by Gasteiger charge is 2.24. The molecule has 3 N–H and O–H groups in total. The molecule has 106 valence electrons. The van der Waals surface area contributed by atoms with Crippen molar-refractivity contribution in [2.24, 2.45) is 0 Å². The van der Waals surface area contributed by atoms with Crippen molar-refractivity contribution in [3.8, 4) is 0 Å². The van der Waals surface area contributed by atoms with Crippen molar-refractivity contribution in [2.75, 3.05) is 31.9 Å². The Hall–Kier alpha value is -1.10. The summed E-state index contributed by atoms with van der Waals surface area (Å²) >= 11 is 0. The Balaban J connectivity index is 1.88. The second-order valence-electron chi connectivity index (χ2n) is 5.67. The van der Waals surface area contributed by atoms with Gasteiger partial charge in [-0.05, 0) is 31.5 Å². The largest absolute Gasteiger partial charge is 0.399 e. The van der Waals surface area contributed by atoms with Gasteiger partial charge in [-0.1, -0.05) is 12.1 Å². The van der Waals surface area contributed by atoms with Crippen LogP contribution in [0, 0.1) is 0 Å². The fourth-order valence-corrected chi connectivity index (χ4v) is 2.77. The van der Waals surface area contributed by atoms with E-state index in [2.05, 4.69) is 22.8 Å². The van der Waals surface area contributed by atoms with Gasteiger partial charge >= 0.3 is 0 Å². The van der Waals surface area contributed by atoms with E-state index >= 15 is 0 Å². The molecule has 2 rings (SSSR count). The number of rotatable bonds is 4. The SMILES string of the molecule is CC(O)CN1CCN(Cc2cccc(N)c2)CC1C. The first-order valence-electron chi connectivity index (χ1n) is 7.03. The van der Waals surface area contributed by atoms with Gasteiger partial charge in [-0.15, -0.1) is 0 Å². The van der Waals surface area contributed by atoms with Crippen LogP contribution in [-0.2, 0) is 6.54 Å². The molecule has 0 bridgehead atoms. The molecule has 4 heteroatoms. The third-order valence-electron chi connectivity index (χ3n) is 3.71. The first-order valence-corrected chi connectivity index (χ1v) is 7.03. The maximum atomic E-state index is 9.48. The minimum absolute atomic E-state index is 0.247. The first kappa shape index (κ1) is 14.3. The van der Waals surface area contributed by atoms with Gasteiger partial charge in [-0.3, -0.25) is 9.80 Å². The van der Waals surface area contributed by atoms with Crippen molar-refractivity contribution in [3.05, 3.63) is 29.8 Å². The number of aliphatic hydroxyl groups is 1. The summed E-state index contributed by atoms with van der Waals surface area (Å²) in [4.78, 5) is 4.82. The fraction of sp³-hybridized carbons (Fsp3) is 0.600. The van der Waals surface area contributed by atoms with Crippen molar-refractivity contribution in [1.82, 2.24) is 9.80 Å². The fourth-order valence-electron chi connectivity index (χ4n) is 2.77. The van der Waals surface area contributed by atoms with E-state index in [1.165, 1.54) is 5.56 Å². The highest BCUT2D eigenvalue weighted by molar-refractivity contribution is 5.40. The number of β-amino-alcohol motifs (C(OH)–C–C–N with tert-alkyl or cyclic N) is 1. The molecule has 1 aliphatic heterocycles. The molecule has 0 aromatic heterocycles. The lowest BCUT2D eigenvalue weighted by Gasteiger charge is -2.40. The molecule has 0 radical (unpaired) electrons. The molecule has 1 aliphatic rings. The maximum Gasteiger partial charge on any atom is 0.0639 e. The van der Waals surface area contributed by atoms with Gasteiger partial charge < -0.3 is 10.8 Å². The third-order valence-corrected chi connectivity index (χ3v) is 3.71. The lowest BCUT2D eigenvalue weighted by atomic mass is 10.1. The zero-order chi connectivity index (χ0) is 13.8. The zero-order valence-electron chi connectivity index (χ0n) is 11.9. The molecule has 2 unspecified atom stereocenters. The zero-order valence-corrected chi connectivity index (χ0v) is 11.9. The monoisotopic (exact) mass is 263 g/mol. The molecular formula is C15H25N3O. The predicted molar refractivity (Wildman–Crippen MR) is 78.8 cm³/mol. The Kier molecular flexibility index (Phi) is 4.80. The quantitative estimate of drug-likeness (QED) is 0.800. The molecule has 1 aromatic carbocycles. The van der Waals surface area contributed by atoms with E-state index in [0.717, 1.165) is 38.4 Å². The highest BCUT2D eigenvalue weighted by Crippen LogP contribution is 2.15. The third kappa shape index (κ3) is 4.20. The van der Waals surface area contributed by atoms with Crippen LogP contribution in [0.5, 0.6) is 0 Å². The van der Waals surface area contributed by atoms with Gasteiger partial charge in [0.1, 0.15) is 0 Å². The molecule has 0 saturated carbocycles. The summed E-state index contributed by atoms with van der Waals surface area (Å²) in [5, 5.41) is 9.48. The van der Waals surface area contributed by atoms with Gasteiger partial charge in [0, 0.05) is 44.5 Å². The minimum Gasteiger partial charge on any atom is -0.399 e. The molecule has 19 heavy (non-hydrogen) atoms. The van der Waals surface area contributed by atoms with Crippen LogP contribution in [0.1, 0.15) is 19.4 Å². The summed E-state index contributed by atoms with van der Waals surface area (Å²) < 4.78 is 0. The van der Waals surface area contributed by atoms with Gasteiger partial charge in [-0.25, -0.2) is 0 Å². The van der Waals surface area contributed by atoms with Crippen LogP contribution < -0.4 is 5.73 Å². The molecule has 0 spiro atoms. The summed E-state index contributed by atoms with van der Waals surface area (Å²) in [6, 6.07) is 8.60. The van der Waals surface area contributed by atoms with E-state index in [4.69, 9.17) is 5.73 Å². The van der Waals surface area contributed by atoms with E-state index in [9.17, 15) is 5.11 Å². The van der Waals surface area contributed by atoms with Crippen LogP contribution in [0.25, 0.3) is 0 Å². The smallest absolute Gasteiger partial charge is 0.0639 e. The summed E-state index contributed by atoms with van der Waals surface area (Å²) in [6.45, 7) is 8.92.